The summed E-state index contributed by atoms with van der Waals surface area (Å²) in [5.74, 6) is -0.515. The van der Waals surface area contributed by atoms with E-state index in [4.69, 9.17) is 4.74 Å². The quantitative estimate of drug-likeness (QED) is 0.238. The topological polar surface area (TPSA) is 96.6 Å². The fourth-order valence-electron chi connectivity index (χ4n) is 3.24. The van der Waals surface area contributed by atoms with E-state index in [1.807, 2.05) is 11.4 Å². The van der Waals surface area contributed by atoms with Crippen LogP contribution in [0.2, 0.25) is 0 Å². The minimum Gasteiger partial charge on any atom is -0.454 e. The zero-order valence-electron chi connectivity index (χ0n) is 18.2. The van der Waals surface area contributed by atoms with Crippen molar-refractivity contribution >= 4 is 29.1 Å². The van der Waals surface area contributed by atoms with E-state index < -0.39 is 11.6 Å². The molecule has 5 aromatic rings. The Morgan fingerprint density at radius 3 is 2.53 bits per heavy atom. The van der Waals surface area contributed by atoms with Crippen LogP contribution in [0.1, 0.15) is 5.56 Å². The maximum atomic E-state index is 13.8. The molecule has 1 N–H and O–H groups in total. The molecule has 5 rings (SSSR count). The summed E-state index contributed by atoms with van der Waals surface area (Å²) < 4.78 is 36.5. The van der Waals surface area contributed by atoms with Crippen LogP contribution in [0.4, 0.5) is 14.6 Å². The number of hydrogen-bond acceptors (Lipinski definition) is 9. The Balaban J connectivity index is 1.48. The van der Waals surface area contributed by atoms with E-state index in [0.29, 0.717) is 39.4 Å². The summed E-state index contributed by atoms with van der Waals surface area (Å²) >= 11 is 2.80. The number of nitrogens with zero attached hydrogens (tertiary/aromatic N) is 5. The van der Waals surface area contributed by atoms with E-state index in [-0.39, 0.29) is 0 Å². The number of anilines is 1. The summed E-state index contributed by atoms with van der Waals surface area (Å²) in [6.07, 6.45) is 6.05. The molecule has 0 aliphatic heterocycles. The molecular weight excluding hydrogens is 502 g/mol. The molecule has 176 valence electrons. The smallest absolute Gasteiger partial charge is 0.159 e. The number of halogens is 2. The molecule has 0 bridgehead atoms. The van der Waals surface area contributed by atoms with Gasteiger partial charge in [0.2, 0.25) is 0 Å². The van der Waals surface area contributed by atoms with Gasteiger partial charge in [0.15, 0.2) is 17.4 Å². The third-order valence-electron chi connectivity index (χ3n) is 4.95. The molecule has 0 aliphatic rings. The molecular formula is C25H14F2N6OS2. The normalized spacial score (nSPS) is 10.6. The van der Waals surface area contributed by atoms with Crippen molar-refractivity contribution in [1.29, 1.82) is 5.26 Å². The van der Waals surface area contributed by atoms with Crippen molar-refractivity contribution in [1.82, 2.24) is 19.9 Å². The highest BCUT2D eigenvalue weighted by atomic mass is 32.2. The maximum absolute atomic E-state index is 13.8. The molecule has 0 radical (unpaired) electrons. The fraction of sp³-hybridized carbons (Fsp3) is 0. The molecule has 7 nitrogen and oxygen atoms in total. The Labute approximate surface area is 212 Å². The van der Waals surface area contributed by atoms with E-state index >= 15 is 0 Å². The first kappa shape index (κ1) is 23.3. The van der Waals surface area contributed by atoms with Crippen LogP contribution in [0.3, 0.4) is 0 Å². The van der Waals surface area contributed by atoms with Crippen LogP contribution in [0, 0.1) is 23.0 Å². The van der Waals surface area contributed by atoms with Crippen molar-refractivity contribution in [3.8, 4) is 40.0 Å². The maximum Gasteiger partial charge on any atom is 0.159 e. The molecule has 0 fully saturated rings. The van der Waals surface area contributed by atoms with Crippen LogP contribution < -0.4 is 9.46 Å². The zero-order valence-corrected chi connectivity index (χ0v) is 19.9. The number of nitrogens with one attached hydrogen (secondary N) is 1. The Morgan fingerprint density at radius 2 is 1.78 bits per heavy atom. The van der Waals surface area contributed by atoms with E-state index in [1.54, 1.807) is 36.1 Å². The second-order valence-corrected chi connectivity index (χ2v) is 8.87. The van der Waals surface area contributed by atoms with Crippen molar-refractivity contribution in [3.05, 3.63) is 95.5 Å². The van der Waals surface area contributed by atoms with Gasteiger partial charge in [-0.05, 0) is 54.4 Å². The van der Waals surface area contributed by atoms with Crippen LogP contribution in [0.15, 0.2) is 83.2 Å². The molecule has 11 heteroatoms. The lowest BCUT2D eigenvalue weighted by Crippen LogP contribution is -1.96. The zero-order chi connectivity index (χ0) is 24.9. The number of nitriles is 1. The minimum atomic E-state index is -0.972. The van der Waals surface area contributed by atoms with E-state index in [0.717, 1.165) is 22.8 Å². The fourth-order valence-corrected chi connectivity index (χ4v) is 4.45. The Kier molecular flexibility index (Phi) is 6.79. The van der Waals surface area contributed by atoms with Gasteiger partial charge in [0.25, 0.3) is 0 Å². The lowest BCUT2D eigenvalue weighted by atomic mass is 10.0. The van der Waals surface area contributed by atoms with Crippen molar-refractivity contribution < 1.29 is 13.5 Å². The molecule has 36 heavy (non-hydrogen) atoms. The lowest BCUT2D eigenvalue weighted by Gasteiger charge is -2.14. The molecule has 0 aliphatic carbocycles. The minimum absolute atomic E-state index is 0.319. The Bertz CT molecular complexity index is 1560. The average Bonchev–Trinajstić information content (AvgIpc) is 3.44. The highest BCUT2D eigenvalue weighted by Gasteiger charge is 2.15. The largest absolute Gasteiger partial charge is 0.454 e. The van der Waals surface area contributed by atoms with Gasteiger partial charge in [0.05, 0.1) is 23.0 Å². The Morgan fingerprint density at radius 1 is 0.917 bits per heavy atom. The van der Waals surface area contributed by atoms with Crippen LogP contribution in [-0.4, -0.2) is 19.9 Å². The van der Waals surface area contributed by atoms with Crippen LogP contribution in [0.5, 0.6) is 11.5 Å². The van der Waals surface area contributed by atoms with Gasteiger partial charge in [0, 0.05) is 39.4 Å². The summed E-state index contributed by atoms with van der Waals surface area (Å²) in [5, 5.41) is 11.6. The molecule has 0 saturated carbocycles. The van der Waals surface area contributed by atoms with E-state index in [1.165, 1.54) is 41.9 Å². The summed E-state index contributed by atoms with van der Waals surface area (Å²) in [6, 6.07) is 12.6. The Hall–Kier alpha value is -4.40. The molecule has 3 aromatic heterocycles. The number of thiazole rings is 1. The SMILES string of the molecule is N#Cc1cc(SNc2cscn2)ccc1Oc1cnc(-c2ccc(F)c(F)c2)cc1-c1cncnc1. The van der Waals surface area contributed by atoms with Gasteiger partial charge in [-0.1, -0.05) is 0 Å². The van der Waals surface area contributed by atoms with Gasteiger partial charge in [-0.15, -0.1) is 11.3 Å². The van der Waals surface area contributed by atoms with Crippen molar-refractivity contribution in [3.63, 3.8) is 0 Å². The van der Waals surface area contributed by atoms with Crippen molar-refractivity contribution in [2.24, 2.45) is 0 Å². The number of aromatic nitrogens is 4. The van der Waals surface area contributed by atoms with Crippen molar-refractivity contribution in [2.75, 3.05) is 4.72 Å². The summed E-state index contributed by atoms with van der Waals surface area (Å²) in [6.45, 7) is 0. The molecule has 3 heterocycles. The van der Waals surface area contributed by atoms with Gasteiger partial charge in [-0.2, -0.15) is 5.26 Å². The molecule has 0 unspecified atom stereocenters. The average molecular weight is 517 g/mol. The van der Waals surface area contributed by atoms with Gasteiger partial charge >= 0.3 is 0 Å². The predicted octanol–water partition coefficient (Wildman–Crippen LogP) is 6.72. The monoisotopic (exact) mass is 516 g/mol. The van der Waals surface area contributed by atoms with Gasteiger partial charge in [-0.25, -0.2) is 23.7 Å². The number of pyridine rings is 1. The van der Waals surface area contributed by atoms with Gasteiger partial charge in [-0.3, -0.25) is 4.98 Å². The molecule has 0 atom stereocenters. The molecule has 0 spiro atoms. The molecule has 0 amide bonds. The summed E-state index contributed by atoms with van der Waals surface area (Å²) in [5.41, 5.74) is 4.03. The van der Waals surface area contributed by atoms with Gasteiger partial charge in [0.1, 0.15) is 24.0 Å². The third-order valence-corrected chi connectivity index (χ3v) is 6.34. The second kappa shape index (κ2) is 10.5. The number of benzene rings is 2. The number of hydrogen-bond donors (Lipinski definition) is 1. The van der Waals surface area contributed by atoms with Crippen LogP contribution in [-0.2, 0) is 0 Å². The molecule has 0 saturated heterocycles. The molecule has 2 aromatic carbocycles. The highest BCUT2D eigenvalue weighted by Crippen LogP contribution is 2.37. The first-order valence-corrected chi connectivity index (χ1v) is 12.1. The first-order valence-electron chi connectivity index (χ1n) is 10.3. The summed E-state index contributed by atoms with van der Waals surface area (Å²) in [4.78, 5) is 17.5. The second-order valence-electron chi connectivity index (χ2n) is 7.27. The number of ether oxygens (including phenoxy) is 1. The highest BCUT2D eigenvalue weighted by molar-refractivity contribution is 8.00. The standard InChI is InChI=1S/C25H14F2N6OS2/c26-20-3-1-15(6-21(20)27)22-7-19(17-9-29-13-30-10-17)24(11-31-22)34-23-4-2-18(5-16(23)8-28)36-33-25-12-35-14-32-25/h1-7,9-14,33H. The first-order chi connectivity index (χ1) is 17.6. The number of rotatable bonds is 7. The van der Waals surface area contributed by atoms with Gasteiger partial charge < -0.3 is 9.46 Å². The van der Waals surface area contributed by atoms with E-state index in [9.17, 15) is 14.0 Å². The van der Waals surface area contributed by atoms with Crippen molar-refractivity contribution in [2.45, 2.75) is 4.90 Å². The van der Waals surface area contributed by atoms with Crippen LogP contribution >= 0.6 is 23.3 Å². The summed E-state index contributed by atoms with van der Waals surface area (Å²) in [7, 11) is 0. The van der Waals surface area contributed by atoms with E-state index in [2.05, 4.69) is 30.7 Å². The lowest BCUT2D eigenvalue weighted by molar-refractivity contribution is 0.480. The van der Waals surface area contributed by atoms with Crippen LogP contribution in [0.25, 0.3) is 22.4 Å². The third kappa shape index (κ3) is 5.14. The predicted molar refractivity (Wildman–Crippen MR) is 133 cm³/mol.